The minimum Gasteiger partial charge on any atom is -0.316 e. The summed E-state index contributed by atoms with van der Waals surface area (Å²) in [6.07, 6.45) is 1.67. The van der Waals surface area contributed by atoms with Crippen molar-refractivity contribution in [3.8, 4) is 0 Å². The van der Waals surface area contributed by atoms with Gasteiger partial charge in [-0.25, -0.2) is 8.42 Å². The third-order valence-electron chi connectivity index (χ3n) is 3.23. The molecular weight excluding hydrogens is 326 g/mol. The van der Waals surface area contributed by atoms with Crippen LogP contribution < -0.4 is 5.32 Å². The molecule has 1 aliphatic heterocycles. The van der Waals surface area contributed by atoms with Crippen molar-refractivity contribution < 1.29 is 13.3 Å². The van der Waals surface area contributed by atoms with Gasteiger partial charge in [0.05, 0.1) is 4.92 Å². The third kappa shape index (κ3) is 2.96. The second-order valence-electron chi connectivity index (χ2n) is 4.47. The van der Waals surface area contributed by atoms with Gasteiger partial charge in [0.15, 0.2) is 4.34 Å². The first kappa shape index (κ1) is 15.6. The van der Waals surface area contributed by atoms with Crippen LogP contribution in [0.15, 0.2) is 10.3 Å². The number of hydrogen-bond acceptors (Lipinski definition) is 6. The van der Waals surface area contributed by atoms with Gasteiger partial charge in [-0.1, -0.05) is 11.6 Å². The Morgan fingerprint density at radius 3 is 2.85 bits per heavy atom. The van der Waals surface area contributed by atoms with Crippen molar-refractivity contribution in [3.05, 3.63) is 20.5 Å². The van der Waals surface area contributed by atoms with Crippen LogP contribution in [-0.2, 0) is 10.0 Å². The van der Waals surface area contributed by atoms with E-state index >= 15 is 0 Å². The number of nitro groups is 1. The monoisotopic (exact) mass is 339 g/mol. The molecule has 0 aliphatic carbocycles. The maximum absolute atomic E-state index is 12.5. The number of hydrogen-bond donors (Lipinski definition) is 1. The third-order valence-corrected chi connectivity index (χ3v) is 6.88. The second-order valence-corrected chi connectivity index (χ2v) is 8.29. The average molecular weight is 340 g/mol. The summed E-state index contributed by atoms with van der Waals surface area (Å²) in [6.45, 7) is 0.784. The minimum atomic E-state index is -3.72. The van der Waals surface area contributed by atoms with E-state index < -0.39 is 14.9 Å². The fourth-order valence-corrected chi connectivity index (χ4v) is 5.46. The van der Waals surface area contributed by atoms with E-state index in [0.717, 1.165) is 30.2 Å². The molecule has 0 amide bonds. The number of likely N-dealkylation sites (N-methyl/N-ethyl adjacent to an activating group) is 1. The molecule has 1 aromatic rings. The number of halogens is 1. The van der Waals surface area contributed by atoms with Crippen LogP contribution in [0.25, 0.3) is 0 Å². The topological polar surface area (TPSA) is 92.6 Å². The van der Waals surface area contributed by atoms with Gasteiger partial charge in [-0.3, -0.25) is 10.1 Å². The highest BCUT2D eigenvalue weighted by atomic mass is 35.5. The van der Waals surface area contributed by atoms with E-state index in [-0.39, 0.29) is 20.3 Å². The lowest BCUT2D eigenvalue weighted by molar-refractivity contribution is -0.384. The minimum absolute atomic E-state index is 0.0778. The summed E-state index contributed by atoms with van der Waals surface area (Å²) >= 11 is 6.45. The van der Waals surface area contributed by atoms with Gasteiger partial charge in [-0.05, 0) is 19.9 Å². The Labute approximate surface area is 125 Å². The molecule has 1 aromatic heterocycles. The van der Waals surface area contributed by atoms with Crippen LogP contribution in [0.5, 0.6) is 0 Å². The van der Waals surface area contributed by atoms with Crippen molar-refractivity contribution in [2.24, 2.45) is 0 Å². The van der Waals surface area contributed by atoms with Crippen molar-refractivity contribution in [1.82, 2.24) is 9.62 Å². The lowest BCUT2D eigenvalue weighted by Gasteiger charge is -2.31. The van der Waals surface area contributed by atoms with Crippen molar-refractivity contribution in [3.63, 3.8) is 0 Å². The van der Waals surface area contributed by atoms with Gasteiger partial charge < -0.3 is 5.32 Å². The molecule has 1 unspecified atom stereocenters. The highest BCUT2D eigenvalue weighted by molar-refractivity contribution is 7.91. The average Bonchev–Trinajstić information content (AvgIpc) is 2.82. The van der Waals surface area contributed by atoms with Crippen LogP contribution >= 0.6 is 22.9 Å². The van der Waals surface area contributed by atoms with Crippen LogP contribution in [0.1, 0.15) is 12.8 Å². The van der Waals surface area contributed by atoms with Gasteiger partial charge in [-0.2, -0.15) is 4.31 Å². The highest BCUT2D eigenvalue weighted by Crippen LogP contribution is 2.37. The summed E-state index contributed by atoms with van der Waals surface area (Å²) in [4.78, 5) is 10.1. The fourth-order valence-electron chi connectivity index (χ4n) is 2.11. The van der Waals surface area contributed by atoms with Crippen LogP contribution in [0, 0.1) is 10.1 Å². The number of thiophene rings is 1. The standard InChI is InChI=1S/C10H14ClN3O4S2/c1-12-7-3-2-4-13(6-7)20(17,18)9-5-8(14(15)16)10(11)19-9/h5,7,12H,2-4,6H2,1H3. The molecule has 0 saturated carbocycles. The van der Waals surface area contributed by atoms with Gasteiger partial charge in [-0.15, -0.1) is 11.3 Å². The second kappa shape index (κ2) is 5.94. The molecule has 0 spiro atoms. The number of piperidine rings is 1. The quantitative estimate of drug-likeness (QED) is 0.665. The number of sulfonamides is 1. The van der Waals surface area contributed by atoms with E-state index in [0.29, 0.717) is 13.1 Å². The number of nitrogens with one attached hydrogen (secondary N) is 1. The first-order valence-corrected chi connectivity index (χ1v) is 8.61. The normalized spacial score (nSPS) is 21.0. The Bertz CT molecular complexity index is 616. The fraction of sp³-hybridized carbons (Fsp3) is 0.600. The molecule has 2 rings (SSSR count). The van der Waals surface area contributed by atoms with Crippen LogP contribution in [-0.4, -0.2) is 43.8 Å². The highest BCUT2D eigenvalue weighted by Gasteiger charge is 2.33. The predicted octanol–water partition coefficient (Wildman–Crippen LogP) is 1.68. The Kier molecular flexibility index (Phi) is 4.65. The van der Waals surface area contributed by atoms with E-state index in [9.17, 15) is 18.5 Å². The first-order valence-electron chi connectivity index (χ1n) is 5.97. The molecule has 2 heterocycles. The molecule has 1 saturated heterocycles. The van der Waals surface area contributed by atoms with E-state index in [4.69, 9.17) is 11.6 Å². The van der Waals surface area contributed by atoms with Crippen LogP contribution in [0.2, 0.25) is 4.34 Å². The SMILES string of the molecule is CNC1CCCN(S(=O)(=O)c2cc([N+](=O)[O-])c(Cl)s2)C1. The molecule has 7 nitrogen and oxygen atoms in total. The lowest BCUT2D eigenvalue weighted by Crippen LogP contribution is -2.46. The van der Waals surface area contributed by atoms with Gasteiger partial charge in [0, 0.05) is 25.2 Å². The van der Waals surface area contributed by atoms with Gasteiger partial charge in [0.25, 0.3) is 15.7 Å². The van der Waals surface area contributed by atoms with E-state index in [2.05, 4.69) is 5.32 Å². The molecule has 20 heavy (non-hydrogen) atoms. The summed E-state index contributed by atoms with van der Waals surface area (Å²) in [5.41, 5.74) is -0.364. The zero-order valence-corrected chi connectivity index (χ0v) is 13.1. The summed E-state index contributed by atoms with van der Waals surface area (Å²) < 4.78 is 26.1. The van der Waals surface area contributed by atoms with Gasteiger partial charge in [0.2, 0.25) is 0 Å². The maximum atomic E-state index is 12.5. The Morgan fingerprint density at radius 2 is 2.30 bits per heavy atom. The Hall–Kier alpha value is -0.740. The van der Waals surface area contributed by atoms with Gasteiger partial charge in [0.1, 0.15) is 4.21 Å². The van der Waals surface area contributed by atoms with E-state index in [1.54, 1.807) is 7.05 Å². The molecule has 1 fully saturated rings. The molecular formula is C10H14ClN3O4S2. The first-order chi connectivity index (χ1) is 9.36. The smallest absolute Gasteiger partial charge is 0.300 e. The van der Waals surface area contributed by atoms with Crippen LogP contribution in [0.4, 0.5) is 5.69 Å². The molecule has 10 heteroatoms. The van der Waals surface area contributed by atoms with E-state index in [1.807, 2.05) is 0 Å². The van der Waals surface area contributed by atoms with Crippen molar-refractivity contribution >= 4 is 38.6 Å². The van der Waals surface area contributed by atoms with Crippen LogP contribution in [0.3, 0.4) is 0 Å². The summed E-state index contributed by atoms with van der Waals surface area (Å²) in [5.74, 6) is 0. The van der Waals surface area contributed by atoms with Crippen molar-refractivity contribution in [2.75, 3.05) is 20.1 Å². The van der Waals surface area contributed by atoms with Gasteiger partial charge >= 0.3 is 0 Å². The molecule has 0 aromatic carbocycles. The Morgan fingerprint density at radius 1 is 1.60 bits per heavy atom. The zero-order chi connectivity index (χ0) is 14.9. The number of rotatable bonds is 4. The molecule has 112 valence electrons. The lowest BCUT2D eigenvalue weighted by atomic mass is 10.1. The van der Waals surface area contributed by atoms with Crippen molar-refractivity contribution in [2.45, 2.75) is 23.1 Å². The molecule has 1 atom stereocenters. The Balaban J connectivity index is 2.30. The molecule has 0 radical (unpaired) electrons. The summed E-state index contributed by atoms with van der Waals surface area (Å²) in [7, 11) is -1.93. The summed E-state index contributed by atoms with van der Waals surface area (Å²) in [5, 5.41) is 13.8. The largest absolute Gasteiger partial charge is 0.316 e. The maximum Gasteiger partial charge on any atom is 0.300 e. The summed E-state index contributed by atoms with van der Waals surface area (Å²) in [6, 6.07) is 1.13. The predicted molar refractivity (Wildman–Crippen MR) is 76.8 cm³/mol. The number of nitrogens with zero attached hydrogens (tertiary/aromatic N) is 2. The zero-order valence-electron chi connectivity index (χ0n) is 10.7. The molecule has 0 bridgehead atoms. The molecule has 1 N–H and O–H groups in total. The van der Waals surface area contributed by atoms with Crippen molar-refractivity contribution in [1.29, 1.82) is 0 Å². The molecule has 1 aliphatic rings. The van der Waals surface area contributed by atoms with E-state index in [1.165, 1.54) is 4.31 Å².